The number of benzene rings is 1. The highest BCUT2D eigenvalue weighted by atomic mass is 16.5. The Morgan fingerprint density at radius 2 is 2.20 bits per heavy atom. The highest BCUT2D eigenvalue weighted by Crippen LogP contribution is 2.27. The van der Waals surface area contributed by atoms with Crippen molar-refractivity contribution >= 4 is 11.7 Å². The lowest BCUT2D eigenvalue weighted by atomic mass is 10.1. The molecule has 1 heterocycles. The Balaban J connectivity index is 2.21. The molecule has 0 fully saturated rings. The Morgan fingerprint density at radius 1 is 1.40 bits per heavy atom. The van der Waals surface area contributed by atoms with Crippen molar-refractivity contribution in [1.29, 1.82) is 0 Å². The third-order valence-corrected chi connectivity index (χ3v) is 2.65. The van der Waals surface area contributed by atoms with Crippen LogP contribution in [-0.4, -0.2) is 17.2 Å². The number of nitrogens with one attached hydrogen (secondary N) is 1. The summed E-state index contributed by atoms with van der Waals surface area (Å²) < 4.78 is 10.7. The van der Waals surface area contributed by atoms with Gasteiger partial charge in [-0.3, -0.25) is 0 Å². The molecule has 2 N–H and O–H groups in total. The van der Waals surface area contributed by atoms with Gasteiger partial charge in [0, 0.05) is 12.1 Å². The van der Waals surface area contributed by atoms with Gasteiger partial charge < -0.3 is 19.6 Å². The van der Waals surface area contributed by atoms with Crippen LogP contribution in [0.3, 0.4) is 0 Å². The molecule has 5 nitrogen and oxygen atoms in total. The van der Waals surface area contributed by atoms with E-state index in [2.05, 4.69) is 5.32 Å². The van der Waals surface area contributed by atoms with E-state index in [4.69, 9.17) is 14.3 Å². The zero-order chi connectivity index (χ0) is 14.5. The van der Waals surface area contributed by atoms with Gasteiger partial charge in [0.25, 0.3) is 0 Å². The molecule has 0 atom stereocenters. The third kappa shape index (κ3) is 3.54. The fourth-order valence-corrected chi connectivity index (χ4v) is 1.75. The van der Waals surface area contributed by atoms with Crippen molar-refractivity contribution in [3.8, 4) is 5.75 Å². The normalized spacial score (nSPS) is 10.6. The van der Waals surface area contributed by atoms with E-state index < -0.39 is 5.97 Å². The van der Waals surface area contributed by atoms with Crippen molar-refractivity contribution in [3.63, 3.8) is 0 Å². The van der Waals surface area contributed by atoms with E-state index in [1.165, 1.54) is 6.07 Å². The number of carboxylic acid groups (broad SMARTS) is 1. The molecule has 20 heavy (non-hydrogen) atoms. The lowest BCUT2D eigenvalue weighted by Gasteiger charge is -2.16. The SMILES string of the molecule is CC(C)Oc1ccc(C(=O)O)cc1NCc1ccoc1. The summed E-state index contributed by atoms with van der Waals surface area (Å²) in [5.41, 5.74) is 1.84. The van der Waals surface area contributed by atoms with Crippen molar-refractivity contribution in [2.24, 2.45) is 0 Å². The minimum absolute atomic E-state index is 0.0140. The molecule has 0 saturated heterocycles. The molecule has 0 aliphatic rings. The number of rotatable bonds is 6. The molecule has 106 valence electrons. The van der Waals surface area contributed by atoms with Crippen LogP contribution in [0.25, 0.3) is 0 Å². The molecular formula is C15H17NO4. The fraction of sp³-hybridized carbons (Fsp3) is 0.267. The van der Waals surface area contributed by atoms with Crippen LogP contribution in [0, 0.1) is 0 Å². The van der Waals surface area contributed by atoms with Crippen LogP contribution in [0.5, 0.6) is 5.75 Å². The molecule has 1 aromatic heterocycles. The van der Waals surface area contributed by atoms with Gasteiger partial charge in [0.15, 0.2) is 0 Å². The quantitative estimate of drug-likeness (QED) is 0.845. The second-order valence-corrected chi connectivity index (χ2v) is 4.67. The van der Waals surface area contributed by atoms with Crippen molar-refractivity contribution < 1.29 is 19.1 Å². The largest absolute Gasteiger partial charge is 0.489 e. The lowest BCUT2D eigenvalue weighted by molar-refractivity contribution is 0.0697. The molecule has 0 unspecified atom stereocenters. The van der Waals surface area contributed by atoms with Crippen molar-refractivity contribution in [2.45, 2.75) is 26.5 Å². The smallest absolute Gasteiger partial charge is 0.335 e. The van der Waals surface area contributed by atoms with Gasteiger partial charge in [-0.05, 0) is 38.1 Å². The second kappa shape index (κ2) is 6.14. The molecule has 0 spiro atoms. The zero-order valence-corrected chi connectivity index (χ0v) is 11.4. The standard InChI is InChI=1S/C15H17NO4/c1-10(2)20-14-4-3-12(15(17)18)7-13(14)16-8-11-5-6-19-9-11/h3-7,9-10,16H,8H2,1-2H3,(H,17,18). The van der Waals surface area contributed by atoms with E-state index in [-0.39, 0.29) is 11.7 Å². The van der Waals surface area contributed by atoms with Crippen LogP contribution in [0.1, 0.15) is 29.8 Å². The van der Waals surface area contributed by atoms with Crippen LogP contribution in [0.15, 0.2) is 41.2 Å². The number of hydrogen-bond donors (Lipinski definition) is 2. The number of ether oxygens (including phenoxy) is 1. The summed E-state index contributed by atoms with van der Waals surface area (Å²) in [5.74, 6) is -0.332. The van der Waals surface area contributed by atoms with Gasteiger partial charge in [-0.15, -0.1) is 0 Å². The summed E-state index contributed by atoms with van der Waals surface area (Å²) in [6.45, 7) is 4.38. The Kier molecular flexibility index (Phi) is 4.30. The molecule has 1 aromatic carbocycles. The lowest BCUT2D eigenvalue weighted by Crippen LogP contribution is -2.09. The number of hydrogen-bond acceptors (Lipinski definition) is 4. The van der Waals surface area contributed by atoms with Gasteiger partial charge in [-0.2, -0.15) is 0 Å². The minimum Gasteiger partial charge on any atom is -0.489 e. The number of carbonyl (C=O) groups is 1. The van der Waals surface area contributed by atoms with E-state index in [0.29, 0.717) is 18.0 Å². The van der Waals surface area contributed by atoms with E-state index >= 15 is 0 Å². The molecule has 2 aromatic rings. The van der Waals surface area contributed by atoms with Gasteiger partial charge in [0.2, 0.25) is 0 Å². The van der Waals surface area contributed by atoms with Crippen LogP contribution in [0.2, 0.25) is 0 Å². The molecule has 0 aliphatic carbocycles. The third-order valence-electron chi connectivity index (χ3n) is 2.65. The average Bonchev–Trinajstić information content (AvgIpc) is 2.89. The maximum Gasteiger partial charge on any atom is 0.335 e. The maximum atomic E-state index is 11.0. The number of furan rings is 1. The first-order valence-corrected chi connectivity index (χ1v) is 6.35. The summed E-state index contributed by atoms with van der Waals surface area (Å²) >= 11 is 0. The van der Waals surface area contributed by atoms with Gasteiger partial charge >= 0.3 is 5.97 Å². The molecule has 0 aliphatic heterocycles. The van der Waals surface area contributed by atoms with Gasteiger partial charge in [0.05, 0.1) is 29.9 Å². The molecule has 0 amide bonds. The topological polar surface area (TPSA) is 71.7 Å². The van der Waals surface area contributed by atoms with Crippen LogP contribution in [0.4, 0.5) is 5.69 Å². The Morgan fingerprint density at radius 3 is 2.80 bits per heavy atom. The monoisotopic (exact) mass is 275 g/mol. The zero-order valence-electron chi connectivity index (χ0n) is 11.4. The van der Waals surface area contributed by atoms with Crippen molar-refractivity contribution in [3.05, 3.63) is 47.9 Å². The van der Waals surface area contributed by atoms with E-state index in [0.717, 1.165) is 5.56 Å². The Bertz CT molecular complexity index is 576. The summed E-state index contributed by atoms with van der Waals surface area (Å²) in [7, 11) is 0. The number of anilines is 1. The van der Waals surface area contributed by atoms with Gasteiger partial charge in [-0.1, -0.05) is 0 Å². The highest BCUT2D eigenvalue weighted by Gasteiger charge is 2.10. The Labute approximate surface area is 117 Å². The first kappa shape index (κ1) is 14.0. The number of aromatic carboxylic acids is 1. The predicted molar refractivity (Wildman–Crippen MR) is 75.2 cm³/mol. The van der Waals surface area contributed by atoms with E-state index in [1.54, 1.807) is 24.7 Å². The predicted octanol–water partition coefficient (Wildman–Crippen LogP) is 3.38. The van der Waals surface area contributed by atoms with Crippen LogP contribution in [-0.2, 0) is 6.54 Å². The van der Waals surface area contributed by atoms with Crippen molar-refractivity contribution in [1.82, 2.24) is 0 Å². The molecule has 2 rings (SSSR count). The fourth-order valence-electron chi connectivity index (χ4n) is 1.75. The van der Waals surface area contributed by atoms with E-state index in [1.807, 2.05) is 19.9 Å². The average molecular weight is 275 g/mol. The van der Waals surface area contributed by atoms with E-state index in [9.17, 15) is 4.79 Å². The summed E-state index contributed by atoms with van der Waals surface area (Å²) in [6, 6.07) is 6.61. The van der Waals surface area contributed by atoms with Crippen LogP contribution < -0.4 is 10.1 Å². The maximum absolute atomic E-state index is 11.0. The van der Waals surface area contributed by atoms with Gasteiger partial charge in [0.1, 0.15) is 5.75 Å². The highest BCUT2D eigenvalue weighted by molar-refractivity contribution is 5.89. The molecule has 0 bridgehead atoms. The van der Waals surface area contributed by atoms with Crippen LogP contribution >= 0.6 is 0 Å². The summed E-state index contributed by atoms with van der Waals surface area (Å²) in [6.07, 6.45) is 3.24. The molecule has 5 heteroatoms. The summed E-state index contributed by atoms with van der Waals surface area (Å²) in [5, 5.41) is 12.2. The summed E-state index contributed by atoms with van der Waals surface area (Å²) in [4.78, 5) is 11.0. The minimum atomic E-state index is -0.965. The van der Waals surface area contributed by atoms with Crippen molar-refractivity contribution in [2.75, 3.05) is 5.32 Å². The second-order valence-electron chi connectivity index (χ2n) is 4.67. The molecular weight excluding hydrogens is 258 g/mol. The van der Waals surface area contributed by atoms with Gasteiger partial charge in [-0.25, -0.2) is 4.79 Å². The first-order valence-electron chi connectivity index (χ1n) is 6.35. The number of carboxylic acids is 1. The molecule has 0 radical (unpaired) electrons. The molecule has 0 saturated carbocycles. The Hall–Kier alpha value is -2.43. The first-order chi connectivity index (χ1) is 9.56.